The molecule has 0 radical (unpaired) electrons. The molecule has 0 atom stereocenters. The predicted octanol–water partition coefficient (Wildman–Crippen LogP) is -1.30. The van der Waals surface area contributed by atoms with Gasteiger partial charge in [-0.15, -0.1) is 0 Å². The molecule has 0 unspecified atom stereocenters. The summed E-state index contributed by atoms with van der Waals surface area (Å²) in [6, 6.07) is 0. The van der Waals surface area contributed by atoms with E-state index >= 15 is 0 Å². The Morgan fingerprint density at radius 1 is 1.27 bits per heavy atom. The molecule has 0 aromatic rings. The lowest BCUT2D eigenvalue weighted by molar-refractivity contribution is -0.309. The summed E-state index contributed by atoms with van der Waals surface area (Å²) in [4.78, 5) is 9.80. The highest BCUT2D eigenvalue weighted by Crippen LogP contribution is 1.79. The maximum Gasteiger partial charge on any atom is 0.0862 e. The Bertz CT molecular complexity index is 107. The molecule has 0 rings (SSSR count). The molecule has 0 amide bonds. The minimum absolute atomic E-state index is 0.280. The third-order valence-electron chi connectivity index (χ3n) is 0.828. The SMILES string of the molecule is O=C([O-])COCCOCCS. The van der Waals surface area contributed by atoms with Gasteiger partial charge in [-0.2, -0.15) is 12.6 Å². The Morgan fingerprint density at radius 2 is 1.91 bits per heavy atom. The van der Waals surface area contributed by atoms with Crippen LogP contribution in [-0.4, -0.2) is 38.1 Å². The van der Waals surface area contributed by atoms with Crippen LogP contribution in [0.3, 0.4) is 0 Å². The quantitative estimate of drug-likeness (QED) is 0.390. The van der Waals surface area contributed by atoms with Crippen LogP contribution in [-0.2, 0) is 14.3 Å². The Labute approximate surface area is 70.9 Å². The molecule has 0 aromatic heterocycles. The summed E-state index contributed by atoms with van der Waals surface area (Å²) in [5, 5.41) is 9.80. The summed E-state index contributed by atoms with van der Waals surface area (Å²) in [6.07, 6.45) is 0. The smallest absolute Gasteiger partial charge is 0.0862 e. The van der Waals surface area contributed by atoms with Crippen molar-refractivity contribution in [2.24, 2.45) is 0 Å². The summed E-state index contributed by atoms with van der Waals surface area (Å²) < 4.78 is 9.58. The largest absolute Gasteiger partial charge is 0.548 e. The van der Waals surface area contributed by atoms with E-state index in [1.165, 1.54) is 0 Å². The molecule has 0 saturated heterocycles. The van der Waals surface area contributed by atoms with Gasteiger partial charge in [0.05, 0.1) is 32.4 Å². The summed E-state index contributed by atoms with van der Waals surface area (Å²) >= 11 is 3.91. The molecule has 0 fully saturated rings. The summed E-state index contributed by atoms with van der Waals surface area (Å²) in [6.45, 7) is 0.859. The molecule has 0 spiro atoms. The van der Waals surface area contributed by atoms with Gasteiger partial charge in [-0.25, -0.2) is 0 Å². The van der Waals surface area contributed by atoms with E-state index in [1.54, 1.807) is 0 Å². The van der Waals surface area contributed by atoms with Gasteiger partial charge in [0.15, 0.2) is 0 Å². The van der Waals surface area contributed by atoms with E-state index in [1.807, 2.05) is 0 Å². The zero-order chi connectivity index (χ0) is 8.53. The molecule has 11 heavy (non-hydrogen) atoms. The number of thiol groups is 1. The van der Waals surface area contributed by atoms with Gasteiger partial charge in [-0.1, -0.05) is 0 Å². The van der Waals surface area contributed by atoms with E-state index < -0.39 is 5.97 Å². The second kappa shape index (κ2) is 7.84. The van der Waals surface area contributed by atoms with Crippen molar-refractivity contribution in [3.05, 3.63) is 0 Å². The van der Waals surface area contributed by atoms with Crippen LogP contribution in [0.5, 0.6) is 0 Å². The van der Waals surface area contributed by atoms with Gasteiger partial charge in [0.2, 0.25) is 0 Å². The first-order valence-corrected chi connectivity index (χ1v) is 3.87. The van der Waals surface area contributed by atoms with E-state index in [0.717, 1.165) is 0 Å². The summed E-state index contributed by atoms with van der Waals surface area (Å²) in [7, 11) is 0. The van der Waals surface area contributed by atoms with Crippen molar-refractivity contribution in [1.29, 1.82) is 0 Å². The fraction of sp³-hybridized carbons (Fsp3) is 0.833. The van der Waals surface area contributed by atoms with Gasteiger partial charge in [-0.3, -0.25) is 0 Å². The monoisotopic (exact) mass is 179 g/mol. The van der Waals surface area contributed by atoms with Gasteiger partial charge in [0, 0.05) is 5.75 Å². The molecule has 0 aliphatic carbocycles. The van der Waals surface area contributed by atoms with E-state index in [4.69, 9.17) is 4.74 Å². The fourth-order valence-corrected chi connectivity index (χ4v) is 0.569. The highest BCUT2D eigenvalue weighted by molar-refractivity contribution is 7.80. The van der Waals surface area contributed by atoms with Crippen LogP contribution < -0.4 is 5.11 Å². The number of hydrogen-bond acceptors (Lipinski definition) is 5. The van der Waals surface area contributed by atoms with Crippen LogP contribution >= 0.6 is 12.6 Å². The standard InChI is InChI=1S/C6H12O4S/c7-6(8)5-10-2-1-9-3-4-11/h11H,1-5H2,(H,7,8)/p-1. The Balaban J connectivity index is 2.85. The van der Waals surface area contributed by atoms with E-state index in [2.05, 4.69) is 17.4 Å². The number of hydrogen-bond donors (Lipinski definition) is 1. The zero-order valence-corrected chi connectivity index (χ0v) is 7.01. The topological polar surface area (TPSA) is 58.6 Å². The first-order valence-electron chi connectivity index (χ1n) is 3.23. The average Bonchev–Trinajstić information content (AvgIpc) is 1.96. The molecule has 0 aromatic carbocycles. The Kier molecular flexibility index (Phi) is 7.66. The van der Waals surface area contributed by atoms with Gasteiger partial charge < -0.3 is 19.4 Å². The third kappa shape index (κ3) is 9.74. The molecule has 4 nitrogen and oxygen atoms in total. The number of carbonyl (C=O) groups is 1. The van der Waals surface area contributed by atoms with Crippen LogP contribution in [0.4, 0.5) is 0 Å². The molecule has 0 N–H and O–H groups in total. The number of aliphatic carboxylic acids is 1. The van der Waals surface area contributed by atoms with Crippen molar-refractivity contribution >= 4 is 18.6 Å². The number of rotatable bonds is 7. The molecule has 0 bridgehead atoms. The van der Waals surface area contributed by atoms with Crippen LogP contribution in [0, 0.1) is 0 Å². The fourth-order valence-electron chi connectivity index (χ4n) is 0.440. The van der Waals surface area contributed by atoms with E-state index in [-0.39, 0.29) is 13.2 Å². The molecule has 0 aliphatic heterocycles. The van der Waals surface area contributed by atoms with Crippen LogP contribution in [0.2, 0.25) is 0 Å². The lowest BCUT2D eigenvalue weighted by atomic mass is 10.7. The Morgan fingerprint density at radius 3 is 2.45 bits per heavy atom. The van der Waals surface area contributed by atoms with Crippen molar-refractivity contribution in [1.82, 2.24) is 0 Å². The minimum Gasteiger partial charge on any atom is -0.548 e. The first kappa shape index (κ1) is 10.7. The van der Waals surface area contributed by atoms with Crippen molar-refractivity contribution in [3.63, 3.8) is 0 Å². The normalized spacial score (nSPS) is 9.91. The van der Waals surface area contributed by atoms with Crippen LogP contribution in [0.1, 0.15) is 0 Å². The predicted molar refractivity (Wildman–Crippen MR) is 40.5 cm³/mol. The molecular formula is C6H11O4S-. The lowest BCUT2D eigenvalue weighted by Crippen LogP contribution is -2.28. The first-order chi connectivity index (χ1) is 5.27. The molecule has 66 valence electrons. The van der Waals surface area contributed by atoms with Crippen molar-refractivity contribution in [3.8, 4) is 0 Å². The number of carbonyl (C=O) groups excluding carboxylic acids is 1. The molecular weight excluding hydrogens is 168 g/mol. The van der Waals surface area contributed by atoms with Gasteiger partial charge >= 0.3 is 0 Å². The number of carboxylic acid groups (broad SMARTS) is 1. The highest BCUT2D eigenvalue weighted by Gasteiger charge is 1.88. The highest BCUT2D eigenvalue weighted by atomic mass is 32.1. The number of carboxylic acids is 1. The molecule has 0 saturated carbocycles. The van der Waals surface area contributed by atoms with Crippen molar-refractivity contribution in [2.75, 3.05) is 32.2 Å². The summed E-state index contributed by atoms with van der Waals surface area (Å²) in [5.41, 5.74) is 0. The van der Waals surface area contributed by atoms with Gasteiger partial charge in [0.1, 0.15) is 0 Å². The second-order valence-corrected chi connectivity index (χ2v) is 2.21. The minimum atomic E-state index is -1.21. The second-order valence-electron chi connectivity index (χ2n) is 1.76. The Hall–Kier alpha value is -0.260. The third-order valence-corrected chi connectivity index (χ3v) is 1.01. The van der Waals surface area contributed by atoms with Gasteiger partial charge in [0.25, 0.3) is 0 Å². The van der Waals surface area contributed by atoms with Gasteiger partial charge in [-0.05, 0) is 0 Å². The van der Waals surface area contributed by atoms with E-state index in [0.29, 0.717) is 19.0 Å². The zero-order valence-electron chi connectivity index (χ0n) is 6.12. The van der Waals surface area contributed by atoms with Crippen LogP contribution in [0.25, 0.3) is 0 Å². The molecule has 0 aliphatic rings. The number of ether oxygens (including phenoxy) is 2. The summed E-state index contributed by atoms with van der Waals surface area (Å²) in [5.74, 6) is -0.556. The van der Waals surface area contributed by atoms with E-state index in [9.17, 15) is 9.90 Å². The maximum absolute atomic E-state index is 9.80. The average molecular weight is 179 g/mol. The maximum atomic E-state index is 9.80. The van der Waals surface area contributed by atoms with Crippen LogP contribution in [0.15, 0.2) is 0 Å². The molecule has 5 heteroatoms. The molecule has 0 heterocycles. The lowest BCUT2D eigenvalue weighted by Gasteiger charge is -2.04. The van der Waals surface area contributed by atoms with Crippen molar-refractivity contribution < 1.29 is 19.4 Å². The van der Waals surface area contributed by atoms with Crippen molar-refractivity contribution in [2.45, 2.75) is 0 Å².